The van der Waals surface area contributed by atoms with Crippen molar-refractivity contribution in [3.8, 4) is 0 Å². The van der Waals surface area contributed by atoms with Crippen molar-refractivity contribution in [3.05, 3.63) is 65.7 Å². The van der Waals surface area contributed by atoms with Crippen LogP contribution in [0.4, 0.5) is 8.78 Å². The third-order valence-corrected chi connectivity index (χ3v) is 4.27. The molecule has 2 aromatic rings. The fourth-order valence-electron chi connectivity index (χ4n) is 1.80. The largest absolute Gasteiger partial charge is 0.368 e. The Labute approximate surface area is 125 Å². The molecule has 0 fully saturated rings. The lowest BCUT2D eigenvalue weighted by Gasteiger charge is -2.26. The van der Waals surface area contributed by atoms with E-state index in [9.17, 15) is 13.6 Å². The van der Waals surface area contributed by atoms with Crippen LogP contribution in [0, 0.1) is 11.6 Å². The summed E-state index contributed by atoms with van der Waals surface area (Å²) in [5, 5.41) is 0. The first kappa shape index (κ1) is 15.5. The summed E-state index contributed by atoms with van der Waals surface area (Å²) in [5.74, 6) is -2.42. The Kier molecular flexibility index (Phi) is 4.59. The van der Waals surface area contributed by atoms with Gasteiger partial charge in [-0.1, -0.05) is 30.3 Å². The van der Waals surface area contributed by atoms with Crippen LogP contribution in [0.15, 0.2) is 53.4 Å². The van der Waals surface area contributed by atoms with Crippen molar-refractivity contribution in [1.29, 1.82) is 0 Å². The maximum absolute atomic E-state index is 13.2. The molecule has 0 bridgehead atoms. The number of amides is 1. The average Bonchev–Trinajstić information content (AvgIpc) is 2.49. The second-order valence-corrected chi connectivity index (χ2v) is 5.61. The van der Waals surface area contributed by atoms with E-state index in [0.29, 0.717) is 10.5 Å². The number of halogens is 2. The van der Waals surface area contributed by atoms with Crippen LogP contribution in [0.5, 0.6) is 0 Å². The average molecular weight is 308 g/mol. The van der Waals surface area contributed by atoms with Gasteiger partial charge < -0.3 is 11.5 Å². The zero-order valence-electron chi connectivity index (χ0n) is 11.1. The van der Waals surface area contributed by atoms with Gasteiger partial charge in [0.25, 0.3) is 0 Å². The van der Waals surface area contributed by atoms with E-state index in [0.717, 1.165) is 23.9 Å². The molecule has 1 unspecified atom stereocenters. The number of rotatable bonds is 5. The minimum Gasteiger partial charge on any atom is -0.368 e. The SMILES string of the molecule is NC(=O)C(N)(CSc1ccc(F)c(F)c1)c1ccccc1. The number of nitrogens with two attached hydrogens (primary N) is 2. The third kappa shape index (κ3) is 3.40. The highest BCUT2D eigenvalue weighted by atomic mass is 32.2. The Morgan fingerprint density at radius 1 is 1.10 bits per heavy atom. The second-order valence-electron chi connectivity index (χ2n) is 4.57. The summed E-state index contributed by atoms with van der Waals surface area (Å²) >= 11 is 1.14. The molecule has 0 radical (unpaired) electrons. The van der Waals surface area contributed by atoms with Crippen LogP contribution in [0.2, 0.25) is 0 Å². The molecule has 0 heterocycles. The molecule has 1 amide bonds. The van der Waals surface area contributed by atoms with Crippen molar-refractivity contribution in [2.24, 2.45) is 11.5 Å². The smallest absolute Gasteiger partial charge is 0.243 e. The van der Waals surface area contributed by atoms with Crippen LogP contribution in [0.25, 0.3) is 0 Å². The summed E-state index contributed by atoms with van der Waals surface area (Å²) in [6, 6.07) is 12.2. The van der Waals surface area contributed by atoms with Gasteiger partial charge in [-0.3, -0.25) is 4.79 Å². The molecule has 0 aliphatic carbocycles. The highest BCUT2D eigenvalue weighted by molar-refractivity contribution is 7.99. The Morgan fingerprint density at radius 3 is 2.33 bits per heavy atom. The Balaban J connectivity index is 2.21. The van der Waals surface area contributed by atoms with Gasteiger partial charge in [0.05, 0.1) is 0 Å². The molecule has 4 N–H and O–H groups in total. The molecule has 1 atom stereocenters. The van der Waals surface area contributed by atoms with E-state index in [2.05, 4.69) is 0 Å². The summed E-state index contributed by atoms with van der Waals surface area (Å²) in [6.07, 6.45) is 0. The molecular weight excluding hydrogens is 294 g/mol. The minimum atomic E-state index is -1.38. The molecule has 0 saturated heterocycles. The second kappa shape index (κ2) is 6.24. The zero-order valence-corrected chi connectivity index (χ0v) is 11.9. The van der Waals surface area contributed by atoms with Crippen molar-refractivity contribution >= 4 is 17.7 Å². The Bertz CT molecular complexity index is 651. The van der Waals surface area contributed by atoms with Gasteiger partial charge in [-0.15, -0.1) is 11.8 Å². The van der Waals surface area contributed by atoms with Crippen LogP contribution < -0.4 is 11.5 Å². The molecule has 3 nitrogen and oxygen atoms in total. The predicted molar refractivity (Wildman–Crippen MR) is 78.6 cm³/mol. The standard InChI is InChI=1S/C15H14F2N2OS/c16-12-7-6-11(8-13(12)17)21-9-15(19,14(18)20)10-4-2-1-3-5-10/h1-8H,9,19H2,(H2,18,20). The summed E-state index contributed by atoms with van der Waals surface area (Å²) < 4.78 is 26.1. The van der Waals surface area contributed by atoms with Gasteiger partial charge in [-0.2, -0.15) is 0 Å². The van der Waals surface area contributed by atoms with Crippen LogP contribution >= 0.6 is 11.8 Å². The summed E-state index contributed by atoms with van der Waals surface area (Å²) in [4.78, 5) is 12.2. The molecule has 0 aliphatic heterocycles. The molecule has 2 aromatic carbocycles. The maximum Gasteiger partial charge on any atom is 0.243 e. The van der Waals surface area contributed by atoms with E-state index in [4.69, 9.17) is 11.5 Å². The number of primary amides is 1. The summed E-state index contributed by atoms with van der Waals surface area (Å²) in [6.45, 7) is 0. The summed E-state index contributed by atoms with van der Waals surface area (Å²) in [7, 11) is 0. The van der Waals surface area contributed by atoms with E-state index in [-0.39, 0.29) is 5.75 Å². The van der Waals surface area contributed by atoms with Crippen LogP contribution in [0.1, 0.15) is 5.56 Å². The zero-order chi connectivity index (χ0) is 15.5. The highest BCUT2D eigenvalue weighted by Gasteiger charge is 2.34. The predicted octanol–water partition coefficient (Wildman–Crippen LogP) is 2.40. The lowest BCUT2D eigenvalue weighted by atomic mass is 9.92. The number of benzene rings is 2. The molecule has 21 heavy (non-hydrogen) atoms. The number of carbonyl (C=O) groups is 1. The Morgan fingerprint density at radius 2 is 1.76 bits per heavy atom. The topological polar surface area (TPSA) is 69.1 Å². The fraction of sp³-hybridized carbons (Fsp3) is 0.133. The third-order valence-electron chi connectivity index (χ3n) is 3.09. The monoisotopic (exact) mass is 308 g/mol. The van der Waals surface area contributed by atoms with Crippen molar-refractivity contribution in [2.45, 2.75) is 10.4 Å². The van der Waals surface area contributed by atoms with Crippen LogP contribution in [-0.2, 0) is 10.3 Å². The molecule has 0 aromatic heterocycles. The molecular formula is C15H14F2N2OS. The minimum absolute atomic E-state index is 0.122. The van der Waals surface area contributed by atoms with Crippen molar-refractivity contribution < 1.29 is 13.6 Å². The quantitative estimate of drug-likeness (QED) is 0.833. The van der Waals surface area contributed by atoms with E-state index in [1.54, 1.807) is 30.3 Å². The van der Waals surface area contributed by atoms with Gasteiger partial charge in [0.2, 0.25) is 5.91 Å². The van der Waals surface area contributed by atoms with Gasteiger partial charge in [0, 0.05) is 10.6 Å². The first-order valence-corrected chi connectivity index (χ1v) is 7.14. The summed E-state index contributed by atoms with van der Waals surface area (Å²) in [5.41, 5.74) is 10.7. The lowest BCUT2D eigenvalue weighted by Crippen LogP contribution is -2.51. The van der Waals surface area contributed by atoms with Gasteiger partial charge in [0.15, 0.2) is 11.6 Å². The number of hydrogen-bond acceptors (Lipinski definition) is 3. The van der Waals surface area contributed by atoms with Gasteiger partial charge >= 0.3 is 0 Å². The van der Waals surface area contributed by atoms with Crippen molar-refractivity contribution in [2.75, 3.05) is 5.75 Å². The molecule has 110 valence electrons. The highest BCUT2D eigenvalue weighted by Crippen LogP contribution is 2.28. The molecule has 0 spiro atoms. The van der Waals surface area contributed by atoms with E-state index in [1.807, 2.05) is 0 Å². The van der Waals surface area contributed by atoms with Gasteiger partial charge in [-0.05, 0) is 23.8 Å². The first-order valence-electron chi connectivity index (χ1n) is 6.15. The molecule has 2 rings (SSSR count). The maximum atomic E-state index is 13.2. The van der Waals surface area contributed by atoms with Crippen molar-refractivity contribution in [1.82, 2.24) is 0 Å². The normalized spacial score (nSPS) is 13.7. The van der Waals surface area contributed by atoms with Gasteiger partial charge in [-0.25, -0.2) is 8.78 Å². The van der Waals surface area contributed by atoms with E-state index >= 15 is 0 Å². The van der Waals surface area contributed by atoms with Gasteiger partial charge in [0.1, 0.15) is 5.54 Å². The number of carbonyl (C=O) groups excluding carboxylic acids is 1. The van der Waals surface area contributed by atoms with E-state index in [1.165, 1.54) is 6.07 Å². The van der Waals surface area contributed by atoms with Crippen LogP contribution in [0.3, 0.4) is 0 Å². The molecule has 0 saturated carbocycles. The molecule has 0 aliphatic rings. The lowest BCUT2D eigenvalue weighted by molar-refractivity contribution is -0.122. The van der Waals surface area contributed by atoms with Crippen LogP contribution in [-0.4, -0.2) is 11.7 Å². The molecule has 6 heteroatoms. The van der Waals surface area contributed by atoms with Crippen molar-refractivity contribution in [3.63, 3.8) is 0 Å². The van der Waals surface area contributed by atoms with E-state index < -0.39 is 23.1 Å². The Hall–Kier alpha value is -1.92. The number of thioether (sulfide) groups is 1. The fourth-order valence-corrected chi connectivity index (χ4v) is 2.85. The number of hydrogen-bond donors (Lipinski definition) is 2. The first-order chi connectivity index (χ1) is 9.93.